The molecule has 2 aromatic rings. The van der Waals surface area contributed by atoms with Crippen LogP contribution in [0.3, 0.4) is 0 Å². The highest BCUT2D eigenvalue weighted by Gasteiger charge is 2.28. The second-order valence-electron chi connectivity index (χ2n) is 6.12. The van der Waals surface area contributed by atoms with Gasteiger partial charge in [-0.3, -0.25) is 14.6 Å². The molecule has 2 heterocycles. The highest BCUT2D eigenvalue weighted by atomic mass is 35.5. The van der Waals surface area contributed by atoms with Gasteiger partial charge in [0.1, 0.15) is 5.82 Å². The first-order chi connectivity index (χ1) is 12.5. The first-order valence-electron chi connectivity index (χ1n) is 8.54. The van der Waals surface area contributed by atoms with Crippen molar-refractivity contribution in [3.8, 4) is 5.69 Å². The minimum absolute atomic E-state index is 0.246. The molecule has 0 saturated carbocycles. The maximum absolute atomic E-state index is 12.5. The summed E-state index contributed by atoms with van der Waals surface area (Å²) < 4.78 is 6.08. The largest absolute Gasteiger partial charge is 0.466 e. The lowest BCUT2D eigenvalue weighted by Crippen LogP contribution is -2.42. The number of ether oxygens (including phenoxy) is 1. The SMILES string of the molecule is CCOC(=O)[C@@H]1CCCN(c2cc(=O)n(-c3ccccc3Cl)c(=O)[nH]2)C1. The van der Waals surface area contributed by atoms with Gasteiger partial charge in [0.05, 0.1) is 23.2 Å². The number of anilines is 1. The van der Waals surface area contributed by atoms with Gasteiger partial charge in [0, 0.05) is 19.2 Å². The fourth-order valence-corrected chi connectivity index (χ4v) is 3.38. The molecule has 1 aromatic carbocycles. The van der Waals surface area contributed by atoms with Gasteiger partial charge in [0.15, 0.2) is 0 Å². The Morgan fingerprint density at radius 2 is 2.12 bits per heavy atom. The van der Waals surface area contributed by atoms with Crippen LogP contribution in [0.2, 0.25) is 5.02 Å². The summed E-state index contributed by atoms with van der Waals surface area (Å²) in [7, 11) is 0. The van der Waals surface area contributed by atoms with Crippen molar-refractivity contribution in [3.63, 3.8) is 0 Å². The zero-order valence-corrected chi connectivity index (χ0v) is 15.2. The third kappa shape index (κ3) is 3.67. The molecule has 1 saturated heterocycles. The van der Waals surface area contributed by atoms with Crippen molar-refractivity contribution >= 4 is 23.4 Å². The van der Waals surface area contributed by atoms with Crippen LogP contribution >= 0.6 is 11.6 Å². The molecule has 0 spiro atoms. The molecule has 0 bridgehead atoms. The predicted molar refractivity (Wildman–Crippen MR) is 99.2 cm³/mol. The van der Waals surface area contributed by atoms with Crippen molar-refractivity contribution < 1.29 is 9.53 Å². The quantitative estimate of drug-likeness (QED) is 0.823. The number of para-hydroxylation sites is 1. The lowest BCUT2D eigenvalue weighted by Gasteiger charge is -2.32. The Labute approximate surface area is 155 Å². The van der Waals surface area contributed by atoms with Crippen LogP contribution in [0.5, 0.6) is 0 Å². The number of halogens is 1. The van der Waals surface area contributed by atoms with E-state index in [1.807, 2.05) is 4.90 Å². The number of H-pyrrole nitrogens is 1. The number of carbonyl (C=O) groups is 1. The Hall–Kier alpha value is -2.54. The van der Waals surface area contributed by atoms with E-state index >= 15 is 0 Å². The zero-order valence-electron chi connectivity index (χ0n) is 14.4. The molecule has 1 fully saturated rings. The second kappa shape index (κ2) is 7.78. The van der Waals surface area contributed by atoms with E-state index in [0.29, 0.717) is 36.2 Å². The van der Waals surface area contributed by atoms with Crippen LogP contribution in [0.15, 0.2) is 39.9 Å². The van der Waals surface area contributed by atoms with Gasteiger partial charge in [-0.15, -0.1) is 0 Å². The number of esters is 1. The van der Waals surface area contributed by atoms with E-state index < -0.39 is 11.2 Å². The van der Waals surface area contributed by atoms with Crippen LogP contribution in [-0.4, -0.2) is 35.2 Å². The number of aromatic nitrogens is 2. The maximum Gasteiger partial charge on any atom is 0.334 e. The molecule has 0 amide bonds. The van der Waals surface area contributed by atoms with Crippen LogP contribution in [0, 0.1) is 5.92 Å². The number of nitrogens with zero attached hydrogens (tertiary/aromatic N) is 2. The van der Waals surface area contributed by atoms with E-state index in [4.69, 9.17) is 16.3 Å². The molecular weight excluding hydrogens is 358 g/mol. The number of hydrogen-bond acceptors (Lipinski definition) is 5. The Morgan fingerprint density at radius 3 is 2.81 bits per heavy atom. The van der Waals surface area contributed by atoms with Crippen LogP contribution in [0.25, 0.3) is 5.69 Å². The van der Waals surface area contributed by atoms with E-state index in [-0.39, 0.29) is 11.9 Å². The third-order valence-corrected chi connectivity index (χ3v) is 4.71. The summed E-state index contributed by atoms with van der Waals surface area (Å²) in [6.07, 6.45) is 1.51. The number of hydrogen-bond donors (Lipinski definition) is 1. The molecule has 0 radical (unpaired) electrons. The summed E-state index contributed by atoms with van der Waals surface area (Å²) in [5.41, 5.74) is -0.719. The Morgan fingerprint density at radius 1 is 1.35 bits per heavy atom. The minimum atomic E-state index is -0.571. The molecule has 0 unspecified atom stereocenters. The number of nitrogens with one attached hydrogen (secondary N) is 1. The van der Waals surface area contributed by atoms with Crippen molar-refractivity contribution in [1.82, 2.24) is 9.55 Å². The van der Waals surface area contributed by atoms with Crippen molar-refractivity contribution in [2.75, 3.05) is 24.6 Å². The lowest BCUT2D eigenvalue weighted by atomic mass is 9.98. The Balaban J connectivity index is 1.91. The van der Waals surface area contributed by atoms with Crippen molar-refractivity contribution in [2.24, 2.45) is 5.92 Å². The van der Waals surface area contributed by atoms with E-state index in [2.05, 4.69) is 4.98 Å². The standard InChI is InChI=1S/C18H20ClN3O4/c1-2-26-17(24)12-6-5-9-21(11-12)15-10-16(23)22(18(25)20-15)14-8-4-3-7-13(14)19/h3-4,7-8,10,12H,2,5-6,9,11H2,1H3,(H,20,25)/t12-/m1/s1. The average molecular weight is 378 g/mol. The van der Waals surface area contributed by atoms with E-state index in [1.54, 1.807) is 31.2 Å². The molecule has 7 nitrogen and oxygen atoms in total. The summed E-state index contributed by atoms with van der Waals surface area (Å²) in [5, 5.41) is 0.313. The number of piperidine rings is 1. The fourth-order valence-electron chi connectivity index (χ4n) is 3.16. The summed E-state index contributed by atoms with van der Waals surface area (Å²) in [6.45, 7) is 3.16. The zero-order chi connectivity index (χ0) is 18.7. The summed E-state index contributed by atoms with van der Waals surface area (Å²) >= 11 is 6.10. The smallest absolute Gasteiger partial charge is 0.334 e. The normalized spacial score (nSPS) is 17.2. The minimum Gasteiger partial charge on any atom is -0.466 e. The van der Waals surface area contributed by atoms with Crippen LogP contribution in [-0.2, 0) is 9.53 Å². The van der Waals surface area contributed by atoms with Crippen molar-refractivity contribution in [3.05, 3.63) is 56.2 Å². The van der Waals surface area contributed by atoms with Gasteiger partial charge in [-0.05, 0) is 31.9 Å². The van der Waals surface area contributed by atoms with Gasteiger partial charge >= 0.3 is 11.7 Å². The van der Waals surface area contributed by atoms with E-state index in [9.17, 15) is 14.4 Å². The monoisotopic (exact) mass is 377 g/mol. The number of aromatic amines is 1. The molecule has 1 aliphatic rings. The second-order valence-corrected chi connectivity index (χ2v) is 6.53. The highest BCUT2D eigenvalue weighted by molar-refractivity contribution is 6.32. The van der Waals surface area contributed by atoms with Gasteiger partial charge in [0.25, 0.3) is 5.56 Å². The lowest BCUT2D eigenvalue weighted by molar-refractivity contribution is -0.148. The summed E-state index contributed by atoms with van der Waals surface area (Å²) in [5.74, 6) is -0.112. The van der Waals surface area contributed by atoms with Gasteiger partial charge in [-0.25, -0.2) is 9.36 Å². The first-order valence-corrected chi connectivity index (χ1v) is 8.92. The average Bonchev–Trinajstić information content (AvgIpc) is 2.63. The molecule has 26 heavy (non-hydrogen) atoms. The van der Waals surface area contributed by atoms with E-state index in [1.165, 1.54) is 6.07 Å². The molecule has 1 N–H and O–H groups in total. The molecule has 138 valence electrons. The molecular formula is C18H20ClN3O4. The molecule has 0 aliphatic carbocycles. The molecule has 1 atom stereocenters. The maximum atomic E-state index is 12.5. The predicted octanol–water partition coefficient (Wildman–Crippen LogP) is 1.96. The first kappa shape index (κ1) is 18.3. The molecule has 1 aliphatic heterocycles. The van der Waals surface area contributed by atoms with Gasteiger partial charge < -0.3 is 9.64 Å². The Bertz CT molecular complexity index is 890. The molecule has 8 heteroatoms. The number of carbonyl (C=O) groups excluding carboxylic acids is 1. The van der Waals surface area contributed by atoms with Crippen LogP contribution in [0.1, 0.15) is 19.8 Å². The number of rotatable bonds is 4. The van der Waals surface area contributed by atoms with Crippen molar-refractivity contribution in [1.29, 1.82) is 0 Å². The van der Waals surface area contributed by atoms with Crippen molar-refractivity contribution in [2.45, 2.75) is 19.8 Å². The fraction of sp³-hybridized carbons (Fsp3) is 0.389. The highest BCUT2D eigenvalue weighted by Crippen LogP contribution is 2.22. The number of benzene rings is 1. The topological polar surface area (TPSA) is 84.4 Å². The summed E-state index contributed by atoms with van der Waals surface area (Å²) in [4.78, 5) is 41.6. The molecule has 1 aromatic heterocycles. The van der Waals surface area contributed by atoms with E-state index in [0.717, 1.165) is 17.4 Å². The van der Waals surface area contributed by atoms with Gasteiger partial charge in [-0.2, -0.15) is 0 Å². The van der Waals surface area contributed by atoms with Crippen LogP contribution in [0.4, 0.5) is 5.82 Å². The van der Waals surface area contributed by atoms with Crippen LogP contribution < -0.4 is 16.1 Å². The van der Waals surface area contributed by atoms with Gasteiger partial charge in [-0.1, -0.05) is 23.7 Å². The third-order valence-electron chi connectivity index (χ3n) is 4.39. The summed E-state index contributed by atoms with van der Waals surface area (Å²) in [6, 6.07) is 8.01. The Kier molecular flexibility index (Phi) is 5.46. The molecule has 3 rings (SSSR count). The van der Waals surface area contributed by atoms with Gasteiger partial charge in [0.2, 0.25) is 0 Å².